The molecule has 0 bridgehead atoms. The first-order valence-corrected chi connectivity index (χ1v) is 5.08. The topological polar surface area (TPSA) is 87.3 Å². The third-order valence-electron chi connectivity index (χ3n) is 1.10. The van der Waals surface area contributed by atoms with Crippen molar-refractivity contribution in [3.63, 3.8) is 0 Å². The molecular formula is C5H17N3OSi. The van der Waals surface area contributed by atoms with Crippen LogP contribution >= 0.6 is 0 Å². The summed E-state index contributed by atoms with van der Waals surface area (Å²) in [5, 5.41) is 0. The average Bonchev–Trinajstić information content (AvgIpc) is 1.78. The molecule has 0 radical (unpaired) electrons. The van der Waals surface area contributed by atoms with Crippen LogP contribution in [0.25, 0.3) is 0 Å². The molecule has 0 saturated heterocycles. The van der Waals surface area contributed by atoms with Gasteiger partial charge in [0.05, 0.1) is 0 Å². The molecule has 0 amide bonds. The summed E-state index contributed by atoms with van der Waals surface area (Å²) in [5.41, 5.74) is 16.0. The van der Waals surface area contributed by atoms with E-state index < -0.39 is 15.5 Å². The summed E-state index contributed by atoms with van der Waals surface area (Å²) >= 11 is 0. The van der Waals surface area contributed by atoms with Gasteiger partial charge in [0.2, 0.25) is 0 Å². The van der Waals surface area contributed by atoms with E-state index >= 15 is 0 Å². The van der Waals surface area contributed by atoms with Gasteiger partial charge in [-0.1, -0.05) is 0 Å². The molecule has 0 aromatic carbocycles. The lowest BCUT2D eigenvalue weighted by Crippen LogP contribution is -2.57. The van der Waals surface area contributed by atoms with Crippen LogP contribution in [-0.4, -0.2) is 22.2 Å². The molecule has 5 heteroatoms. The quantitative estimate of drug-likeness (QED) is 0.260. The second-order valence-corrected chi connectivity index (χ2v) is 3.94. The molecule has 0 fully saturated rings. The molecule has 0 aromatic rings. The smallest absolute Gasteiger partial charge is 0.161 e. The fourth-order valence-electron chi connectivity index (χ4n) is 0.625. The van der Waals surface area contributed by atoms with E-state index in [0.717, 1.165) is 12.7 Å². The Morgan fingerprint density at radius 2 is 2.00 bits per heavy atom. The third-order valence-corrected chi connectivity index (χ3v) is 2.44. The highest BCUT2D eigenvalue weighted by atomic mass is 28.2. The van der Waals surface area contributed by atoms with Gasteiger partial charge in [-0.2, -0.15) is 0 Å². The van der Waals surface area contributed by atoms with Crippen molar-refractivity contribution in [1.29, 1.82) is 0 Å². The van der Waals surface area contributed by atoms with Crippen molar-refractivity contribution >= 4 is 9.76 Å². The first-order chi connectivity index (χ1) is 4.56. The summed E-state index contributed by atoms with van der Waals surface area (Å²) in [7, 11) is -0.409. The van der Waals surface area contributed by atoms with Gasteiger partial charge in [0.25, 0.3) is 0 Å². The van der Waals surface area contributed by atoms with Gasteiger partial charge < -0.3 is 21.6 Å². The predicted octanol–water partition coefficient (Wildman–Crippen LogP) is -1.55. The minimum Gasteiger partial charge on any atom is -0.424 e. The van der Waals surface area contributed by atoms with Crippen LogP contribution in [-0.2, 0) is 4.43 Å². The maximum Gasteiger partial charge on any atom is 0.161 e. The molecule has 0 aromatic heterocycles. The summed E-state index contributed by atoms with van der Waals surface area (Å²) in [5.74, 6) is -0.996. The standard InChI is InChI=1S/C5H17N3OSi/c1-2-9-10-4-3-5(6,7)8/h2-4,6-8,10H2,1H3. The molecule has 0 atom stereocenters. The highest BCUT2D eigenvalue weighted by molar-refractivity contribution is 6.27. The van der Waals surface area contributed by atoms with E-state index in [1.165, 1.54) is 0 Å². The van der Waals surface area contributed by atoms with Crippen LogP contribution in [0.1, 0.15) is 13.3 Å². The van der Waals surface area contributed by atoms with Crippen molar-refractivity contribution < 1.29 is 4.43 Å². The van der Waals surface area contributed by atoms with E-state index in [-0.39, 0.29) is 0 Å². The fraction of sp³-hybridized carbons (Fsp3) is 1.00. The van der Waals surface area contributed by atoms with Crippen molar-refractivity contribution in [3.8, 4) is 0 Å². The first kappa shape index (κ1) is 10.1. The highest BCUT2D eigenvalue weighted by Gasteiger charge is 2.09. The molecule has 0 spiro atoms. The normalized spacial score (nSPS) is 13.2. The van der Waals surface area contributed by atoms with Crippen molar-refractivity contribution in [2.45, 2.75) is 25.2 Å². The zero-order valence-electron chi connectivity index (χ0n) is 6.47. The maximum absolute atomic E-state index is 5.34. The minimum absolute atomic E-state index is 0.409. The molecule has 4 nitrogen and oxygen atoms in total. The molecule has 62 valence electrons. The summed E-state index contributed by atoms with van der Waals surface area (Å²) in [6.45, 7) is 2.77. The van der Waals surface area contributed by atoms with Crippen LogP contribution in [0, 0.1) is 0 Å². The van der Waals surface area contributed by atoms with E-state index in [0.29, 0.717) is 6.42 Å². The summed E-state index contributed by atoms with van der Waals surface area (Å²) in [6.07, 6.45) is 0.652. The Morgan fingerprint density at radius 1 is 1.40 bits per heavy atom. The first-order valence-electron chi connectivity index (χ1n) is 3.50. The van der Waals surface area contributed by atoms with E-state index in [9.17, 15) is 0 Å². The largest absolute Gasteiger partial charge is 0.424 e. The summed E-state index contributed by atoms with van der Waals surface area (Å²) < 4.78 is 5.20. The zero-order valence-corrected chi connectivity index (χ0v) is 7.88. The average molecular weight is 163 g/mol. The lowest BCUT2D eigenvalue weighted by molar-refractivity contribution is 0.352. The van der Waals surface area contributed by atoms with Gasteiger partial charge >= 0.3 is 0 Å². The van der Waals surface area contributed by atoms with Gasteiger partial charge in [0.15, 0.2) is 9.76 Å². The van der Waals surface area contributed by atoms with Crippen LogP contribution in [0.3, 0.4) is 0 Å². The molecule has 0 saturated carbocycles. The monoisotopic (exact) mass is 163 g/mol. The Morgan fingerprint density at radius 3 is 2.40 bits per heavy atom. The van der Waals surface area contributed by atoms with Gasteiger partial charge in [0, 0.05) is 6.61 Å². The Labute approximate surface area is 64.0 Å². The van der Waals surface area contributed by atoms with Gasteiger partial charge in [-0.05, 0) is 19.4 Å². The lowest BCUT2D eigenvalue weighted by atomic mass is 10.3. The third kappa shape index (κ3) is 8.06. The van der Waals surface area contributed by atoms with Crippen molar-refractivity contribution in [2.75, 3.05) is 6.61 Å². The van der Waals surface area contributed by atoms with Crippen LogP contribution in [0.15, 0.2) is 0 Å². The molecule has 0 rings (SSSR count). The van der Waals surface area contributed by atoms with Crippen molar-refractivity contribution in [3.05, 3.63) is 0 Å². The van der Waals surface area contributed by atoms with E-state index in [1.54, 1.807) is 0 Å². The van der Waals surface area contributed by atoms with Crippen molar-refractivity contribution in [1.82, 2.24) is 0 Å². The molecule has 0 heterocycles. The maximum atomic E-state index is 5.34. The number of hydrogen-bond donors (Lipinski definition) is 3. The van der Waals surface area contributed by atoms with Gasteiger partial charge in [0.1, 0.15) is 5.79 Å². The Bertz CT molecular complexity index is 83.5. The second-order valence-electron chi connectivity index (χ2n) is 2.41. The minimum atomic E-state index is -0.996. The molecule has 0 unspecified atom stereocenters. The van der Waals surface area contributed by atoms with Crippen LogP contribution in [0.5, 0.6) is 0 Å². The molecular weight excluding hydrogens is 146 g/mol. The Hall–Kier alpha value is 0.0569. The highest BCUT2D eigenvalue weighted by Crippen LogP contribution is 1.94. The van der Waals surface area contributed by atoms with Crippen LogP contribution in [0.2, 0.25) is 6.04 Å². The summed E-state index contributed by atoms with van der Waals surface area (Å²) in [4.78, 5) is 0. The number of hydrogen-bond acceptors (Lipinski definition) is 4. The van der Waals surface area contributed by atoms with E-state index in [1.807, 2.05) is 6.92 Å². The molecule has 0 aliphatic rings. The van der Waals surface area contributed by atoms with Crippen LogP contribution in [0.4, 0.5) is 0 Å². The van der Waals surface area contributed by atoms with Gasteiger partial charge in [-0.25, -0.2) is 0 Å². The molecule has 0 aliphatic heterocycles. The lowest BCUT2D eigenvalue weighted by Gasteiger charge is -2.17. The Kier molecular flexibility index (Phi) is 4.84. The van der Waals surface area contributed by atoms with E-state index in [2.05, 4.69) is 0 Å². The molecule has 6 N–H and O–H groups in total. The zero-order chi connectivity index (χ0) is 8.04. The second kappa shape index (κ2) is 4.81. The number of rotatable bonds is 5. The van der Waals surface area contributed by atoms with Crippen molar-refractivity contribution in [2.24, 2.45) is 17.2 Å². The SMILES string of the molecule is CCO[SiH2]CCC(N)(N)N. The predicted molar refractivity (Wildman–Crippen MR) is 44.9 cm³/mol. The summed E-state index contributed by atoms with van der Waals surface area (Å²) in [6, 6.07) is 0.956. The fourth-order valence-corrected chi connectivity index (χ4v) is 1.87. The van der Waals surface area contributed by atoms with Gasteiger partial charge in [-0.15, -0.1) is 0 Å². The number of nitrogens with two attached hydrogens (primary N) is 3. The molecule has 10 heavy (non-hydrogen) atoms. The molecule has 0 aliphatic carbocycles. The van der Waals surface area contributed by atoms with Gasteiger partial charge in [-0.3, -0.25) is 0 Å². The van der Waals surface area contributed by atoms with E-state index in [4.69, 9.17) is 21.6 Å². The van der Waals surface area contributed by atoms with Crippen LogP contribution < -0.4 is 17.2 Å². The Balaban J connectivity index is 3.04.